The van der Waals surface area contributed by atoms with Crippen LogP contribution in [0.3, 0.4) is 0 Å². The molecule has 3 rings (SSSR count). The first-order valence-corrected chi connectivity index (χ1v) is 6.98. The maximum atomic E-state index is 9.22. The summed E-state index contributed by atoms with van der Waals surface area (Å²) < 4.78 is 5.40. The van der Waals surface area contributed by atoms with Gasteiger partial charge in [-0.1, -0.05) is 12.1 Å². The number of hydrogen-bond donors (Lipinski definition) is 1. The van der Waals surface area contributed by atoms with Crippen molar-refractivity contribution in [3.05, 3.63) is 24.3 Å². The van der Waals surface area contributed by atoms with Crippen molar-refractivity contribution in [2.75, 3.05) is 31.7 Å². The van der Waals surface area contributed by atoms with Crippen LogP contribution < -0.4 is 9.64 Å². The lowest BCUT2D eigenvalue weighted by atomic mass is 9.98. The second-order valence-electron chi connectivity index (χ2n) is 5.16. The zero-order valence-corrected chi connectivity index (χ0v) is 11.6. The molecule has 2 aromatic rings. The zero-order valence-electron chi connectivity index (χ0n) is 11.6. The molecule has 106 valence electrons. The van der Waals surface area contributed by atoms with Gasteiger partial charge in [0.25, 0.3) is 5.88 Å². The van der Waals surface area contributed by atoms with E-state index >= 15 is 0 Å². The molecule has 2 heterocycles. The number of fused-ring (bicyclic) bond motifs is 1. The summed E-state index contributed by atoms with van der Waals surface area (Å²) in [7, 11) is 1.63. The van der Waals surface area contributed by atoms with Crippen LogP contribution >= 0.6 is 0 Å². The second kappa shape index (κ2) is 5.63. The highest BCUT2D eigenvalue weighted by atomic mass is 16.5. The van der Waals surface area contributed by atoms with Gasteiger partial charge in [-0.25, -0.2) is 9.97 Å². The molecule has 1 aromatic heterocycles. The first-order chi connectivity index (χ1) is 9.81. The van der Waals surface area contributed by atoms with Crippen molar-refractivity contribution in [3.63, 3.8) is 0 Å². The van der Waals surface area contributed by atoms with Crippen LogP contribution in [0.25, 0.3) is 11.0 Å². The molecular formula is C15H19N3O2. The van der Waals surface area contributed by atoms with Gasteiger partial charge >= 0.3 is 0 Å². The summed E-state index contributed by atoms with van der Waals surface area (Å²) in [6, 6.07) is 7.81. The van der Waals surface area contributed by atoms with Crippen LogP contribution in [0.15, 0.2) is 24.3 Å². The van der Waals surface area contributed by atoms with E-state index in [4.69, 9.17) is 9.72 Å². The SMILES string of the molecule is COc1nc2ccccc2nc1N1CCC(CO)CC1. The number of rotatable bonds is 3. The van der Waals surface area contributed by atoms with Crippen LogP contribution in [-0.2, 0) is 0 Å². The molecule has 0 atom stereocenters. The third-order valence-electron chi connectivity index (χ3n) is 3.89. The summed E-state index contributed by atoms with van der Waals surface area (Å²) in [6.07, 6.45) is 1.96. The standard InChI is InChI=1S/C15H19N3O2/c1-20-15-14(18-8-6-11(10-19)7-9-18)16-12-4-2-3-5-13(12)17-15/h2-5,11,19H,6-10H2,1H3. The lowest BCUT2D eigenvalue weighted by molar-refractivity contribution is 0.202. The molecule has 0 bridgehead atoms. The van der Waals surface area contributed by atoms with Crippen molar-refractivity contribution in [3.8, 4) is 5.88 Å². The van der Waals surface area contributed by atoms with E-state index in [1.807, 2.05) is 24.3 Å². The van der Waals surface area contributed by atoms with E-state index in [1.54, 1.807) is 7.11 Å². The highest BCUT2D eigenvalue weighted by molar-refractivity contribution is 5.77. The van der Waals surface area contributed by atoms with E-state index in [1.165, 1.54) is 0 Å². The van der Waals surface area contributed by atoms with Crippen LogP contribution in [0, 0.1) is 5.92 Å². The molecule has 1 saturated heterocycles. The number of methoxy groups -OCH3 is 1. The topological polar surface area (TPSA) is 58.5 Å². The Hall–Kier alpha value is -1.88. The van der Waals surface area contributed by atoms with Gasteiger partial charge in [-0.2, -0.15) is 0 Å². The van der Waals surface area contributed by atoms with Crippen molar-refractivity contribution in [2.24, 2.45) is 5.92 Å². The summed E-state index contributed by atoms with van der Waals surface area (Å²) in [6.45, 7) is 2.04. The van der Waals surface area contributed by atoms with E-state index in [0.717, 1.165) is 42.8 Å². The van der Waals surface area contributed by atoms with Gasteiger partial charge in [-0.05, 0) is 30.9 Å². The van der Waals surface area contributed by atoms with Crippen LogP contribution in [0.1, 0.15) is 12.8 Å². The van der Waals surface area contributed by atoms with Crippen LogP contribution in [0.4, 0.5) is 5.82 Å². The maximum Gasteiger partial charge on any atom is 0.257 e. The molecule has 0 saturated carbocycles. The normalized spacial score (nSPS) is 16.6. The number of para-hydroxylation sites is 2. The van der Waals surface area contributed by atoms with Gasteiger partial charge in [0.15, 0.2) is 5.82 Å². The number of ether oxygens (including phenoxy) is 1. The molecule has 20 heavy (non-hydrogen) atoms. The maximum absolute atomic E-state index is 9.22. The fourth-order valence-electron chi connectivity index (χ4n) is 2.64. The summed E-state index contributed by atoms with van der Waals surface area (Å²) in [5.41, 5.74) is 1.73. The summed E-state index contributed by atoms with van der Waals surface area (Å²) >= 11 is 0. The van der Waals surface area contributed by atoms with E-state index in [-0.39, 0.29) is 6.61 Å². The average Bonchev–Trinajstić information content (AvgIpc) is 2.53. The van der Waals surface area contributed by atoms with Gasteiger partial charge in [0.1, 0.15) is 0 Å². The first kappa shape index (κ1) is 13.1. The van der Waals surface area contributed by atoms with Gasteiger partial charge < -0.3 is 14.7 Å². The fourth-order valence-corrected chi connectivity index (χ4v) is 2.64. The third-order valence-corrected chi connectivity index (χ3v) is 3.89. The number of aliphatic hydroxyl groups is 1. The molecule has 1 aliphatic heterocycles. The number of nitrogens with zero attached hydrogens (tertiary/aromatic N) is 3. The predicted molar refractivity (Wildman–Crippen MR) is 78.1 cm³/mol. The third kappa shape index (κ3) is 2.41. The summed E-state index contributed by atoms with van der Waals surface area (Å²) in [5.74, 6) is 1.79. The quantitative estimate of drug-likeness (QED) is 0.924. The Morgan fingerprint density at radius 1 is 1.20 bits per heavy atom. The fraction of sp³-hybridized carbons (Fsp3) is 0.467. The van der Waals surface area contributed by atoms with Crippen molar-refractivity contribution < 1.29 is 9.84 Å². The van der Waals surface area contributed by atoms with E-state index in [0.29, 0.717) is 11.8 Å². The zero-order chi connectivity index (χ0) is 13.9. The first-order valence-electron chi connectivity index (χ1n) is 6.98. The highest BCUT2D eigenvalue weighted by Gasteiger charge is 2.23. The Morgan fingerprint density at radius 2 is 1.85 bits per heavy atom. The van der Waals surface area contributed by atoms with Gasteiger partial charge in [-0.15, -0.1) is 0 Å². The minimum Gasteiger partial charge on any atom is -0.478 e. The number of anilines is 1. The van der Waals surface area contributed by atoms with E-state index in [2.05, 4.69) is 9.88 Å². The van der Waals surface area contributed by atoms with Crippen molar-refractivity contribution >= 4 is 16.9 Å². The Balaban J connectivity index is 1.94. The molecule has 5 nitrogen and oxygen atoms in total. The second-order valence-corrected chi connectivity index (χ2v) is 5.16. The molecule has 5 heteroatoms. The summed E-state index contributed by atoms with van der Waals surface area (Å²) in [4.78, 5) is 11.4. The molecule has 1 fully saturated rings. The number of aliphatic hydroxyl groups excluding tert-OH is 1. The number of benzene rings is 1. The lowest BCUT2D eigenvalue weighted by Crippen LogP contribution is -2.35. The highest BCUT2D eigenvalue weighted by Crippen LogP contribution is 2.29. The predicted octanol–water partition coefficient (Wildman–Crippen LogP) is 1.85. The Morgan fingerprint density at radius 3 is 2.45 bits per heavy atom. The minimum atomic E-state index is 0.272. The van der Waals surface area contributed by atoms with Crippen LogP contribution in [0.2, 0.25) is 0 Å². The molecule has 1 aromatic carbocycles. The molecule has 0 aliphatic carbocycles. The van der Waals surface area contributed by atoms with Gasteiger partial charge in [0.05, 0.1) is 18.1 Å². The Bertz CT molecular complexity index is 595. The number of hydrogen-bond acceptors (Lipinski definition) is 5. The molecule has 0 spiro atoms. The van der Waals surface area contributed by atoms with Crippen LogP contribution in [-0.4, -0.2) is 41.9 Å². The molecule has 0 radical (unpaired) electrons. The van der Waals surface area contributed by atoms with Crippen LogP contribution in [0.5, 0.6) is 5.88 Å². The molecule has 0 amide bonds. The van der Waals surface area contributed by atoms with E-state index in [9.17, 15) is 5.11 Å². The number of aromatic nitrogens is 2. The van der Waals surface area contributed by atoms with Crippen molar-refractivity contribution in [2.45, 2.75) is 12.8 Å². The molecule has 0 unspecified atom stereocenters. The Labute approximate surface area is 118 Å². The number of piperidine rings is 1. The monoisotopic (exact) mass is 273 g/mol. The van der Waals surface area contributed by atoms with Gasteiger partial charge in [0.2, 0.25) is 0 Å². The Kier molecular flexibility index (Phi) is 3.69. The molecule has 1 aliphatic rings. The van der Waals surface area contributed by atoms with E-state index < -0.39 is 0 Å². The average molecular weight is 273 g/mol. The van der Waals surface area contributed by atoms with Gasteiger partial charge in [-0.3, -0.25) is 0 Å². The molecular weight excluding hydrogens is 254 g/mol. The van der Waals surface area contributed by atoms with Crippen molar-refractivity contribution in [1.29, 1.82) is 0 Å². The smallest absolute Gasteiger partial charge is 0.257 e. The van der Waals surface area contributed by atoms with Crippen molar-refractivity contribution in [1.82, 2.24) is 9.97 Å². The lowest BCUT2D eigenvalue weighted by Gasteiger charge is -2.32. The largest absolute Gasteiger partial charge is 0.478 e. The van der Waals surface area contributed by atoms with Gasteiger partial charge in [0, 0.05) is 19.7 Å². The summed E-state index contributed by atoms with van der Waals surface area (Å²) in [5, 5.41) is 9.22. The molecule has 1 N–H and O–H groups in total. The minimum absolute atomic E-state index is 0.272.